The van der Waals surface area contributed by atoms with E-state index in [9.17, 15) is 4.48 Å². The fraction of sp³-hybridized carbons (Fsp3) is 0.111. The first-order valence-electron chi connectivity index (χ1n) is 3.82. The van der Waals surface area contributed by atoms with Crippen molar-refractivity contribution in [2.45, 2.75) is 6.54 Å². The molecule has 3 nitrogen and oxygen atoms in total. The molecule has 0 atom stereocenters. The minimum Gasteiger partial charge on any atom is -0.248 e. The summed E-state index contributed by atoms with van der Waals surface area (Å²) in [5.74, 6) is 0. The van der Waals surface area contributed by atoms with Gasteiger partial charge in [-0.15, -0.1) is 0 Å². The van der Waals surface area contributed by atoms with E-state index in [1.54, 1.807) is 0 Å². The summed E-state index contributed by atoms with van der Waals surface area (Å²) in [4.78, 5) is 0. The molecule has 1 aromatic rings. The largest absolute Gasteiger partial charge is 0.248 e. The summed E-state index contributed by atoms with van der Waals surface area (Å²) in [5.41, 5.74) is 1.02. The summed E-state index contributed by atoms with van der Waals surface area (Å²) in [5, 5.41) is 6.71. The highest BCUT2D eigenvalue weighted by atomic mass is 19.2. The van der Waals surface area contributed by atoms with Gasteiger partial charge in [0.1, 0.15) is 0 Å². The van der Waals surface area contributed by atoms with Crippen molar-refractivity contribution >= 4 is 0 Å². The third-order valence-electron chi connectivity index (χ3n) is 1.55. The van der Waals surface area contributed by atoms with Crippen LogP contribution in [0.4, 0.5) is 4.48 Å². The van der Waals surface area contributed by atoms with Crippen LogP contribution in [0.2, 0.25) is 0 Å². The molecule has 0 aliphatic heterocycles. The quantitative estimate of drug-likeness (QED) is 0.516. The van der Waals surface area contributed by atoms with E-state index in [2.05, 4.69) is 17.1 Å². The van der Waals surface area contributed by atoms with Crippen LogP contribution in [0, 0.1) is 0 Å². The zero-order chi connectivity index (χ0) is 9.52. The van der Waals surface area contributed by atoms with Crippen LogP contribution in [0.15, 0.2) is 53.7 Å². The molecule has 0 fully saturated rings. The Morgan fingerprint density at radius 3 is 2.62 bits per heavy atom. The van der Waals surface area contributed by atoms with Gasteiger partial charge in [0.15, 0.2) is 0 Å². The predicted octanol–water partition coefficient (Wildman–Crippen LogP) is 2.88. The van der Waals surface area contributed by atoms with E-state index < -0.39 is 0 Å². The van der Waals surface area contributed by atoms with Crippen molar-refractivity contribution in [3.05, 3.63) is 48.7 Å². The Morgan fingerprint density at radius 1 is 1.38 bits per heavy atom. The second-order valence-electron chi connectivity index (χ2n) is 2.43. The van der Waals surface area contributed by atoms with Crippen LogP contribution >= 0.6 is 0 Å². The van der Waals surface area contributed by atoms with Crippen molar-refractivity contribution in [2.75, 3.05) is 0 Å². The van der Waals surface area contributed by atoms with Gasteiger partial charge in [-0.3, -0.25) is 0 Å². The zero-order valence-corrected chi connectivity index (χ0v) is 7.10. The lowest BCUT2D eigenvalue weighted by atomic mass is 10.2. The van der Waals surface area contributed by atoms with Crippen LogP contribution in [0.1, 0.15) is 5.56 Å². The van der Waals surface area contributed by atoms with Gasteiger partial charge in [0.25, 0.3) is 0 Å². The molecule has 13 heavy (non-hydrogen) atoms. The SMILES string of the molecule is C=CN(Cc1ccccc1)N=NF. The van der Waals surface area contributed by atoms with E-state index in [0.717, 1.165) is 5.56 Å². The van der Waals surface area contributed by atoms with Gasteiger partial charge in [-0.1, -0.05) is 41.4 Å². The summed E-state index contributed by atoms with van der Waals surface area (Å²) in [6.07, 6.45) is 1.41. The molecule has 0 radical (unpaired) electrons. The van der Waals surface area contributed by atoms with Crippen LogP contribution in [-0.2, 0) is 6.54 Å². The van der Waals surface area contributed by atoms with Crippen molar-refractivity contribution in [3.63, 3.8) is 0 Å². The van der Waals surface area contributed by atoms with Gasteiger partial charge in [0, 0.05) is 11.5 Å². The molecule has 0 heterocycles. The van der Waals surface area contributed by atoms with Gasteiger partial charge in [-0.25, -0.2) is 5.01 Å². The zero-order valence-electron chi connectivity index (χ0n) is 7.10. The third-order valence-corrected chi connectivity index (χ3v) is 1.55. The van der Waals surface area contributed by atoms with E-state index in [1.165, 1.54) is 11.2 Å². The average molecular weight is 179 g/mol. The van der Waals surface area contributed by atoms with Crippen molar-refractivity contribution in [2.24, 2.45) is 10.6 Å². The Bertz CT molecular complexity index is 284. The fourth-order valence-electron chi connectivity index (χ4n) is 0.947. The lowest BCUT2D eigenvalue weighted by molar-refractivity contribution is 0.311. The molecule has 0 N–H and O–H groups in total. The van der Waals surface area contributed by atoms with E-state index in [-0.39, 0.29) is 0 Å². The van der Waals surface area contributed by atoms with E-state index in [1.807, 2.05) is 30.3 Å². The highest BCUT2D eigenvalue weighted by molar-refractivity contribution is 5.14. The molecule has 68 valence electrons. The maximum atomic E-state index is 11.5. The number of halogens is 1. The highest BCUT2D eigenvalue weighted by Gasteiger charge is 1.97. The molecule has 1 aromatic carbocycles. The first kappa shape index (κ1) is 9.38. The van der Waals surface area contributed by atoms with Crippen molar-refractivity contribution in [1.82, 2.24) is 5.01 Å². The Labute approximate surface area is 76.1 Å². The predicted molar refractivity (Wildman–Crippen MR) is 48.1 cm³/mol. The Morgan fingerprint density at radius 2 is 2.08 bits per heavy atom. The molecule has 0 spiro atoms. The second-order valence-corrected chi connectivity index (χ2v) is 2.43. The maximum Gasteiger partial charge on any atom is 0.0677 e. The molecular formula is C9H10FN3. The second kappa shape index (κ2) is 5.03. The molecule has 0 aliphatic rings. The van der Waals surface area contributed by atoms with Crippen LogP contribution in [-0.4, -0.2) is 5.01 Å². The Kier molecular flexibility index (Phi) is 3.63. The first-order chi connectivity index (χ1) is 6.36. The molecule has 0 bridgehead atoms. The maximum absolute atomic E-state index is 11.5. The molecule has 0 aromatic heterocycles. The highest BCUT2D eigenvalue weighted by Crippen LogP contribution is 2.04. The minimum atomic E-state index is 0.470. The number of nitrogens with zero attached hydrogens (tertiary/aromatic N) is 3. The lowest BCUT2D eigenvalue weighted by Crippen LogP contribution is -2.07. The molecule has 1 rings (SSSR count). The molecule has 0 saturated carbocycles. The number of hydrogen-bond acceptors (Lipinski definition) is 2. The summed E-state index contributed by atoms with van der Waals surface area (Å²) >= 11 is 0. The molecule has 0 amide bonds. The van der Waals surface area contributed by atoms with Gasteiger partial charge in [-0.05, 0) is 10.8 Å². The molecule has 4 heteroatoms. The molecule has 0 saturated heterocycles. The van der Waals surface area contributed by atoms with E-state index in [0.29, 0.717) is 6.54 Å². The van der Waals surface area contributed by atoms with E-state index >= 15 is 0 Å². The van der Waals surface area contributed by atoms with Crippen molar-refractivity contribution in [1.29, 1.82) is 0 Å². The van der Waals surface area contributed by atoms with Crippen LogP contribution in [0.3, 0.4) is 0 Å². The summed E-state index contributed by atoms with van der Waals surface area (Å²) in [7, 11) is 0. The smallest absolute Gasteiger partial charge is 0.0677 e. The molecule has 0 unspecified atom stereocenters. The standard InChI is InChI=1S/C9H10FN3/c1-2-13(12-11-10)8-9-6-4-3-5-7-9/h2-7H,1,8H2. The molecular weight excluding hydrogens is 169 g/mol. The van der Waals surface area contributed by atoms with Crippen LogP contribution in [0.5, 0.6) is 0 Å². The van der Waals surface area contributed by atoms with Crippen LogP contribution in [0.25, 0.3) is 0 Å². The lowest BCUT2D eigenvalue weighted by Gasteiger charge is -2.10. The average Bonchev–Trinajstić information content (AvgIpc) is 2.19. The van der Waals surface area contributed by atoms with Gasteiger partial charge in [-0.2, -0.15) is 0 Å². The topological polar surface area (TPSA) is 28.0 Å². The van der Waals surface area contributed by atoms with Gasteiger partial charge in [0.05, 0.1) is 6.54 Å². The van der Waals surface area contributed by atoms with Gasteiger partial charge >= 0.3 is 0 Å². The van der Waals surface area contributed by atoms with Crippen molar-refractivity contribution < 1.29 is 4.48 Å². The van der Waals surface area contributed by atoms with Gasteiger partial charge in [0.2, 0.25) is 0 Å². The number of hydrogen-bond donors (Lipinski definition) is 0. The fourth-order valence-corrected chi connectivity index (χ4v) is 0.947. The van der Waals surface area contributed by atoms with E-state index in [4.69, 9.17) is 0 Å². The summed E-state index contributed by atoms with van der Waals surface area (Å²) < 4.78 is 11.5. The Hall–Kier alpha value is -1.71. The summed E-state index contributed by atoms with van der Waals surface area (Å²) in [6.45, 7) is 3.95. The monoisotopic (exact) mass is 179 g/mol. The summed E-state index contributed by atoms with van der Waals surface area (Å²) in [6, 6.07) is 9.57. The first-order valence-corrected chi connectivity index (χ1v) is 3.82. The normalized spacial score (nSPS) is 10.2. The van der Waals surface area contributed by atoms with Crippen LogP contribution < -0.4 is 0 Å². The number of rotatable bonds is 4. The van der Waals surface area contributed by atoms with Crippen molar-refractivity contribution in [3.8, 4) is 0 Å². The van der Waals surface area contributed by atoms with Gasteiger partial charge < -0.3 is 0 Å². The third kappa shape index (κ3) is 3.02. The minimum absolute atomic E-state index is 0.470. The Balaban J connectivity index is 2.62. The molecule has 0 aliphatic carbocycles. The number of benzene rings is 1.